The highest BCUT2D eigenvalue weighted by atomic mass is 32.2. The molecule has 2 rings (SSSR count). The van der Waals surface area contributed by atoms with E-state index in [9.17, 15) is 22.2 Å². The number of alkyl halides is 3. The minimum atomic E-state index is -4.39. The van der Waals surface area contributed by atoms with E-state index in [1.807, 2.05) is 0 Å². The van der Waals surface area contributed by atoms with Crippen molar-refractivity contribution in [3.63, 3.8) is 0 Å². The highest BCUT2D eigenvalue weighted by Gasteiger charge is 2.41. The molecule has 1 amide bonds. The van der Waals surface area contributed by atoms with Crippen LogP contribution in [0.15, 0.2) is 24.3 Å². The highest BCUT2D eigenvalue weighted by Crippen LogP contribution is 2.31. The maximum absolute atomic E-state index is 12.6. The summed E-state index contributed by atoms with van der Waals surface area (Å²) in [4.78, 5) is 11.7. The van der Waals surface area contributed by atoms with Gasteiger partial charge in [-0.25, -0.2) is 9.69 Å². The van der Waals surface area contributed by atoms with Gasteiger partial charge in [0.1, 0.15) is 11.9 Å². The molecule has 0 radical (unpaired) electrons. The molecule has 2 unspecified atom stereocenters. The van der Waals surface area contributed by atoms with E-state index in [0.29, 0.717) is 31.7 Å². The Bertz CT molecular complexity index is 693. The molecule has 28 heavy (non-hydrogen) atoms. The van der Waals surface area contributed by atoms with E-state index in [-0.39, 0.29) is 12.5 Å². The maximum Gasteiger partial charge on any atom is 0.416 e. The van der Waals surface area contributed by atoms with Gasteiger partial charge in [-0.3, -0.25) is 10.0 Å². The van der Waals surface area contributed by atoms with Crippen molar-refractivity contribution in [3.8, 4) is 5.75 Å². The third-order valence-electron chi connectivity index (χ3n) is 4.68. The molecule has 1 aliphatic heterocycles. The summed E-state index contributed by atoms with van der Waals surface area (Å²) in [5, 5.41) is 10.3. The van der Waals surface area contributed by atoms with Crippen LogP contribution in [0.5, 0.6) is 5.75 Å². The first-order valence-electron chi connectivity index (χ1n) is 8.74. The summed E-state index contributed by atoms with van der Waals surface area (Å²) in [6.45, 7) is 3.82. The topological polar surface area (TPSA) is 88.1 Å². The van der Waals surface area contributed by atoms with Gasteiger partial charge in [-0.2, -0.15) is 22.5 Å². The minimum absolute atomic E-state index is 0.194. The molecule has 0 aliphatic carbocycles. The largest absolute Gasteiger partial charge is 0.490 e. The summed E-state index contributed by atoms with van der Waals surface area (Å²) in [5.74, 6) is -0.456. The molecule has 1 fully saturated rings. The van der Waals surface area contributed by atoms with Crippen molar-refractivity contribution in [1.29, 1.82) is 0 Å². The number of benzene rings is 1. The molecule has 0 spiro atoms. The lowest BCUT2D eigenvalue weighted by molar-refractivity contribution is -0.137. The Hall–Kier alpha value is -1.69. The molecule has 1 heterocycles. The Morgan fingerprint density at radius 2 is 1.86 bits per heavy atom. The summed E-state index contributed by atoms with van der Waals surface area (Å²) < 4.78 is 59.8. The van der Waals surface area contributed by atoms with Gasteiger partial charge >= 0.3 is 6.18 Å². The van der Waals surface area contributed by atoms with Gasteiger partial charge in [0.05, 0.1) is 5.56 Å². The molecule has 0 aromatic heterocycles. The molecule has 7 nitrogen and oxygen atoms in total. The molecular formula is C17H23F3N2O5S. The van der Waals surface area contributed by atoms with Gasteiger partial charge in [-0.1, -0.05) is 6.92 Å². The number of hydrogen-bond donors (Lipinski definition) is 2. The van der Waals surface area contributed by atoms with Crippen LogP contribution in [0.3, 0.4) is 0 Å². The van der Waals surface area contributed by atoms with Gasteiger partial charge < -0.3 is 4.74 Å². The SMILES string of the molecule is CCC(C)(C(=O)NO)S(=O)ON1CCC(Oc2ccc(C(F)(F)F)cc2)CC1. The van der Waals surface area contributed by atoms with Crippen molar-refractivity contribution < 1.29 is 36.4 Å². The van der Waals surface area contributed by atoms with Crippen LogP contribution in [0.4, 0.5) is 13.2 Å². The Morgan fingerprint density at radius 3 is 2.32 bits per heavy atom. The van der Waals surface area contributed by atoms with E-state index in [0.717, 1.165) is 12.1 Å². The summed E-state index contributed by atoms with van der Waals surface area (Å²) in [7, 11) is 0. The summed E-state index contributed by atoms with van der Waals surface area (Å²) in [6, 6.07) is 4.49. The number of hydrogen-bond acceptors (Lipinski definition) is 6. The maximum atomic E-state index is 12.6. The second-order valence-corrected chi connectivity index (χ2v) is 8.12. The van der Waals surface area contributed by atoms with Gasteiger partial charge in [0.25, 0.3) is 5.91 Å². The molecule has 0 saturated carbocycles. The van der Waals surface area contributed by atoms with Crippen LogP contribution in [0, 0.1) is 0 Å². The molecule has 158 valence electrons. The number of nitrogens with one attached hydrogen (secondary N) is 1. The van der Waals surface area contributed by atoms with E-state index < -0.39 is 33.5 Å². The summed E-state index contributed by atoms with van der Waals surface area (Å²) >= 11 is -2.00. The molecule has 2 N–H and O–H groups in total. The fraction of sp³-hybridized carbons (Fsp3) is 0.588. The first-order valence-corrected chi connectivity index (χ1v) is 9.81. The lowest BCUT2D eigenvalue weighted by atomic mass is 10.1. The van der Waals surface area contributed by atoms with Crippen molar-refractivity contribution in [2.75, 3.05) is 13.1 Å². The number of ether oxygens (including phenoxy) is 1. The smallest absolute Gasteiger partial charge is 0.416 e. The van der Waals surface area contributed by atoms with E-state index in [4.69, 9.17) is 14.2 Å². The van der Waals surface area contributed by atoms with E-state index in [1.165, 1.54) is 29.6 Å². The summed E-state index contributed by atoms with van der Waals surface area (Å²) in [5.41, 5.74) is 0.762. The van der Waals surface area contributed by atoms with Gasteiger partial charge in [0.15, 0.2) is 15.8 Å². The number of hydroxylamine groups is 3. The lowest BCUT2D eigenvalue weighted by Gasteiger charge is -2.33. The lowest BCUT2D eigenvalue weighted by Crippen LogP contribution is -2.49. The number of piperidine rings is 1. The van der Waals surface area contributed by atoms with Crippen molar-refractivity contribution in [3.05, 3.63) is 29.8 Å². The second-order valence-electron chi connectivity index (χ2n) is 6.60. The second kappa shape index (κ2) is 9.21. The van der Waals surface area contributed by atoms with Gasteiger partial charge in [-0.05, 0) is 50.5 Å². The molecular weight excluding hydrogens is 401 g/mol. The Morgan fingerprint density at radius 1 is 1.29 bits per heavy atom. The molecule has 2 atom stereocenters. The van der Waals surface area contributed by atoms with Crippen LogP contribution in [0.2, 0.25) is 0 Å². The number of rotatable bonds is 7. The number of carbonyl (C=O) groups is 1. The molecule has 11 heteroatoms. The van der Waals surface area contributed by atoms with Crippen LogP contribution in [-0.4, -0.2) is 44.3 Å². The molecule has 1 saturated heterocycles. The van der Waals surface area contributed by atoms with Crippen LogP contribution >= 0.6 is 0 Å². The zero-order valence-corrected chi connectivity index (χ0v) is 16.3. The number of amides is 1. The first kappa shape index (κ1) is 22.6. The zero-order chi connectivity index (χ0) is 20.9. The van der Waals surface area contributed by atoms with Gasteiger partial charge in [0, 0.05) is 13.1 Å². The Balaban J connectivity index is 1.86. The van der Waals surface area contributed by atoms with Gasteiger partial charge in [-0.15, -0.1) is 0 Å². The molecule has 1 aromatic carbocycles. The predicted molar refractivity (Wildman–Crippen MR) is 94.5 cm³/mol. The third-order valence-corrected chi connectivity index (χ3v) is 6.24. The Kier molecular flexibility index (Phi) is 7.43. The third kappa shape index (κ3) is 5.43. The van der Waals surface area contributed by atoms with E-state index in [2.05, 4.69) is 0 Å². The molecule has 1 aliphatic rings. The standard InChI is InChI=1S/C17H23F3N2O5S/c1-3-16(2,15(23)21-24)28(25)27-22-10-8-14(9-11-22)26-13-6-4-12(5-7-13)17(18,19)20/h4-7,14,24H,3,8-11H2,1-2H3,(H,21,23). The van der Waals surface area contributed by atoms with Crippen LogP contribution in [0.1, 0.15) is 38.7 Å². The number of nitrogens with zero attached hydrogens (tertiary/aromatic N) is 1. The minimum Gasteiger partial charge on any atom is -0.490 e. The fourth-order valence-electron chi connectivity index (χ4n) is 2.59. The average molecular weight is 424 g/mol. The van der Waals surface area contributed by atoms with Crippen molar-refractivity contribution in [2.45, 2.75) is 50.1 Å². The quantitative estimate of drug-likeness (QED) is 0.517. The van der Waals surface area contributed by atoms with E-state index in [1.54, 1.807) is 6.92 Å². The Labute approximate surface area is 163 Å². The first-order chi connectivity index (χ1) is 13.1. The van der Waals surface area contributed by atoms with Gasteiger partial charge in [0.2, 0.25) is 0 Å². The van der Waals surface area contributed by atoms with Crippen molar-refractivity contribution in [2.24, 2.45) is 0 Å². The normalized spacial score (nSPS) is 19.6. The summed E-state index contributed by atoms with van der Waals surface area (Å²) in [6.07, 6.45) is -3.40. The highest BCUT2D eigenvalue weighted by molar-refractivity contribution is 7.82. The van der Waals surface area contributed by atoms with Crippen LogP contribution in [-0.2, 0) is 26.3 Å². The molecule has 0 bridgehead atoms. The average Bonchev–Trinajstić information content (AvgIpc) is 2.67. The van der Waals surface area contributed by atoms with E-state index >= 15 is 0 Å². The van der Waals surface area contributed by atoms with Crippen molar-refractivity contribution in [1.82, 2.24) is 10.5 Å². The van der Waals surface area contributed by atoms with Crippen LogP contribution < -0.4 is 10.2 Å². The fourth-order valence-corrected chi connectivity index (χ4v) is 3.53. The molecule has 1 aromatic rings. The number of halogens is 3. The monoisotopic (exact) mass is 424 g/mol. The zero-order valence-electron chi connectivity index (χ0n) is 15.5. The van der Waals surface area contributed by atoms with Crippen LogP contribution in [0.25, 0.3) is 0 Å². The number of carbonyl (C=O) groups excluding carboxylic acids is 1. The predicted octanol–water partition coefficient (Wildman–Crippen LogP) is 2.82. The van der Waals surface area contributed by atoms with Crippen molar-refractivity contribution >= 4 is 17.0 Å².